The fourth-order valence-corrected chi connectivity index (χ4v) is 6.48. The van der Waals surface area contributed by atoms with Gasteiger partial charge >= 0.3 is 5.91 Å². The lowest BCUT2D eigenvalue weighted by Crippen LogP contribution is -2.29. The highest BCUT2D eigenvalue weighted by atomic mass is 32.1. The van der Waals surface area contributed by atoms with Crippen LogP contribution in [0.15, 0.2) is 66.4 Å². The minimum atomic E-state index is -0.958. The third-order valence-electron chi connectivity index (χ3n) is 7.76. The Hall–Kier alpha value is -4.70. The molecule has 0 bridgehead atoms. The summed E-state index contributed by atoms with van der Waals surface area (Å²) in [6.45, 7) is 11.0. The summed E-state index contributed by atoms with van der Waals surface area (Å²) in [6, 6.07) is 15.7. The number of ether oxygens (including phenoxy) is 2. The molecule has 0 spiro atoms. The van der Waals surface area contributed by atoms with Gasteiger partial charge in [0.15, 0.2) is 10.9 Å². The molecule has 5 aromatic rings. The predicted octanol–water partition coefficient (Wildman–Crippen LogP) is 7.01. The second kappa shape index (κ2) is 11.8. The number of aliphatic hydroxyl groups is 1. The molecule has 0 aliphatic carbocycles. The molecule has 1 N–H and O–H groups in total. The van der Waals surface area contributed by atoms with Crippen LogP contribution in [0.1, 0.15) is 55.7 Å². The maximum Gasteiger partial charge on any atom is 0.301 e. The van der Waals surface area contributed by atoms with Gasteiger partial charge in [0.2, 0.25) is 0 Å². The van der Waals surface area contributed by atoms with Crippen molar-refractivity contribution >= 4 is 49.8 Å². The van der Waals surface area contributed by atoms with Crippen molar-refractivity contribution in [3.05, 3.63) is 88.9 Å². The van der Waals surface area contributed by atoms with Gasteiger partial charge in [-0.3, -0.25) is 14.5 Å². The summed E-state index contributed by atoms with van der Waals surface area (Å²) in [6.07, 6.45) is 2.73. The van der Waals surface area contributed by atoms with E-state index in [0.29, 0.717) is 58.2 Å². The Bertz CT molecular complexity index is 1940. The summed E-state index contributed by atoms with van der Waals surface area (Å²) in [7, 11) is 0. The van der Waals surface area contributed by atoms with E-state index in [1.54, 1.807) is 0 Å². The number of carbonyl (C=O) groups excluding carboxylic acids is 2. The smallest absolute Gasteiger partial charge is 0.301 e. The molecule has 1 aliphatic heterocycles. The fourth-order valence-electron chi connectivity index (χ4n) is 5.46. The van der Waals surface area contributed by atoms with Crippen molar-refractivity contribution in [1.82, 2.24) is 14.4 Å². The van der Waals surface area contributed by atoms with Crippen LogP contribution in [-0.2, 0) is 9.59 Å². The lowest BCUT2D eigenvalue weighted by atomic mass is 9.96. The first-order chi connectivity index (χ1) is 21.2. The largest absolute Gasteiger partial charge is 0.505 e. The number of anilines is 1. The lowest BCUT2D eigenvalue weighted by Gasteiger charge is -2.23. The number of pyridine rings is 1. The van der Waals surface area contributed by atoms with Gasteiger partial charge in [0.05, 0.1) is 40.7 Å². The number of amides is 1. The number of carbonyl (C=O) groups is 2. The molecule has 1 saturated heterocycles. The molecule has 1 amide bonds. The van der Waals surface area contributed by atoms with Gasteiger partial charge in [-0.1, -0.05) is 43.4 Å². The third kappa shape index (κ3) is 5.19. The first-order valence-electron chi connectivity index (χ1n) is 14.7. The van der Waals surface area contributed by atoms with Crippen LogP contribution in [0.4, 0.5) is 5.13 Å². The Balaban J connectivity index is 1.52. The molecular weight excluding hydrogens is 576 g/mol. The Kier molecular flexibility index (Phi) is 7.85. The van der Waals surface area contributed by atoms with Gasteiger partial charge in [0.1, 0.15) is 22.8 Å². The van der Waals surface area contributed by atoms with Crippen molar-refractivity contribution in [2.45, 2.75) is 47.1 Å². The molecule has 1 unspecified atom stereocenters. The summed E-state index contributed by atoms with van der Waals surface area (Å²) < 4.78 is 14.4. The van der Waals surface area contributed by atoms with Gasteiger partial charge < -0.3 is 19.0 Å². The molecule has 4 heterocycles. The number of benzene rings is 2. The topological polar surface area (TPSA) is 106 Å². The minimum absolute atomic E-state index is 0.0484. The van der Waals surface area contributed by atoms with Crippen LogP contribution >= 0.6 is 11.3 Å². The van der Waals surface area contributed by atoms with E-state index in [1.165, 1.54) is 16.2 Å². The first-order valence-corrected chi connectivity index (χ1v) is 15.5. The summed E-state index contributed by atoms with van der Waals surface area (Å²) in [5.41, 5.74) is 3.71. The van der Waals surface area contributed by atoms with Crippen LogP contribution in [-0.4, -0.2) is 44.4 Å². The zero-order chi connectivity index (χ0) is 31.1. The second-order valence-electron chi connectivity index (χ2n) is 11.3. The van der Waals surface area contributed by atoms with Crippen LogP contribution in [0.25, 0.3) is 21.6 Å². The van der Waals surface area contributed by atoms with Crippen molar-refractivity contribution < 1.29 is 24.2 Å². The van der Waals surface area contributed by atoms with E-state index in [0.717, 1.165) is 16.7 Å². The Morgan fingerprint density at radius 1 is 1.02 bits per heavy atom. The number of thiazole rings is 1. The van der Waals surface area contributed by atoms with Crippen molar-refractivity contribution in [1.29, 1.82) is 0 Å². The normalized spacial score (nSPS) is 16.5. The quantitative estimate of drug-likeness (QED) is 0.109. The van der Waals surface area contributed by atoms with Crippen molar-refractivity contribution in [3.63, 3.8) is 0 Å². The fraction of sp³-hybridized carbons (Fsp3) is 0.294. The van der Waals surface area contributed by atoms with E-state index < -0.39 is 17.7 Å². The van der Waals surface area contributed by atoms with Crippen LogP contribution < -0.4 is 14.4 Å². The minimum Gasteiger partial charge on any atom is -0.505 e. The van der Waals surface area contributed by atoms with Crippen LogP contribution in [0, 0.1) is 19.8 Å². The van der Waals surface area contributed by atoms with Crippen molar-refractivity contribution in [2.75, 3.05) is 18.1 Å². The van der Waals surface area contributed by atoms with Gasteiger partial charge in [-0.05, 0) is 80.6 Å². The van der Waals surface area contributed by atoms with E-state index in [2.05, 4.69) is 13.8 Å². The molecule has 6 rings (SSSR count). The highest BCUT2D eigenvalue weighted by Gasteiger charge is 2.48. The van der Waals surface area contributed by atoms with E-state index in [1.807, 2.05) is 86.0 Å². The number of rotatable bonds is 9. The standard InChI is InChI=1S/C34H34N4O5S/c1-6-42-24-12-13-25-26(18-24)44-34(35-25)38-29(22-10-7-11-23(17-22)43-16-14-19(2)3)27(31(40)33(38)41)30(39)28-21(5)37-15-8-9-20(4)32(37)36-28/h7-13,15,17-19,29,39H,6,14,16H2,1-5H3. The molecule has 2 aromatic carbocycles. The van der Waals surface area contributed by atoms with Gasteiger partial charge in [-0.15, -0.1) is 0 Å². The number of fused-ring (bicyclic) bond motifs is 2. The van der Waals surface area contributed by atoms with E-state index >= 15 is 0 Å². The number of ketones is 1. The number of nitrogens with zero attached hydrogens (tertiary/aromatic N) is 4. The molecule has 1 atom stereocenters. The zero-order valence-electron chi connectivity index (χ0n) is 25.3. The van der Waals surface area contributed by atoms with Gasteiger partial charge in [0, 0.05) is 6.20 Å². The first kappa shape index (κ1) is 29.4. The Labute approximate surface area is 259 Å². The maximum absolute atomic E-state index is 13.8. The van der Waals surface area contributed by atoms with Crippen molar-refractivity contribution in [3.8, 4) is 11.5 Å². The maximum atomic E-state index is 13.8. The molecule has 226 valence electrons. The number of hydrogen-bond donors (Lipinski definition) is 1. The van der Waals surface area contributed by atoms with Gasteiger partial charge in [-0.25, -0.2) is 9.97 Å². The molecule has 1 fully saturated rings. The molecule has 3 aromatic heterocycles. The van der Waals surface area contributed by atoms with E-state index in [-0.39, 0.29) is 17.0 Å². The lowest BCUT2D eigenvalue weighted by molar-refractivity contribution is -0.132. The average molecular weight is 611 g/mol. The van der Waals surface area contributed by atoms with Crippen LogP contribution in [0.5, 0.6) is 11.5 Å². The molecular formula is C34H34N4O5S. The number of aliphatic hydroxyl groups excluding tert-OH is 1. The zero-order valence-corrected chi connectivity index (χ0v) is 26.1. The van der Waals surface area contributed by atoms with Gasteiger partial charge in [0.25, 0.3) is 5.78 Å². The van der Waals surface area contributed by atoms with Crippen LogP contribution in [0.2, 0.25) is 0 Å². The number of Topliss-reactive ketones (excluding diaryl/α,β-unsaturated/α-hetero) is 1. The molecule has 0 saturated carbocycles. The molecule has 1 aliphatic rings. The monoisotopic (exact) mass is 610 g/mol. The summed E-state index contributed by atoms with van der Waals surface area (Å²) in [5, 5.41) is 12.2. The van der Waals surface area contributed by atoms with E-state index in [4.69, 9.17) is 19.4 Å². The number of aromatic nitrogens is 3. The van der Waals surface area contributed by atoms with E-state index in [9.17, 15) is 14.7 Å². The predicted molar refractivity (Wildman–Crippen MR) is 172 cm³/mol. The Morgan fingerprint density at radius 3 is 2.57 bits per heavy atom. The van der Waals surface area contributed by atoms with Crippen LogP contribution in [0.3, 0.4) is 0 Å². The number of imidazole rings is 1. The summed E-state index contributed by atoms with van der Waals surface area (Å²) in [4.78, 5) is 38.5. The molecule has 0 radical (unpaired) electrons. The summed E-state index contributed by atoms with van der Waals surface area (Å²) >= 11 is 1.29. The third-order valence-corrected chi connectivity index (χ3v) is 8.77. The van der Waals surface area contributed by atoms with Crippen molar-refractivity contribution in [2.24, 2.45) is 5.92 Å². The molecule has 9 nitrogen and oxygen atoms in total. The van der Waals surface area contributed by atoms with Gasteiger partial charge in [-0.2, -0.15) is 0 Å². The Morgan fingerprint density at radius 2 is 1.82 bits per heavy atom. The molecule has 10 heteroatoms. The second-order valence-corrected chi connectivity index (χ2v) is 12.3. The highest BCUT2D eigenvalue weighted by Crippen LogP contribution is 2.45. The average Bonchev–Trinajstić information content (AvgIpc) is 3.65. The number of aryl methyl sites for hydroxylation is 2. The highest BCUT2D eigenvalue weighted by molar-refractivity contribution is 7.22. The molecule has 44 heavy (non-hydrogen) atoms. The number of hydrogen-bond acceptors (Lipinski definition) is 8. The summed E-state index contributed by atoms with van der Waals surface area (Å²) in [5.74, 6) is -0.130. The SMILES string of the molecule is CCOc1ccc2nc(N3C(=O)C(=O)C(=C(O)c4nc5c(C)cccn5c4C)C3c3cccc(OCCC(C)C)c3)sc2c1.